The molecule has 1 nitrogen and oxygen atoms in total. The van der Waals surface area contributed by atoms with Gasteiger partial charge in [0.25, 0.3) is 0 Å². The average molecular weight is 222 g/mol. The maximum atomic E-state index is 9.76. The topological polar surface area (TPSA) is 20.2 Å². The largest absolute Gasteiger partial charge is 0.396 e. The molecule has 3 saturated carbocycles. The summed E-state index contributed by atoms with van der Waals surface area (Å²) in [6.07, 6.45) is 6.96. The van der Waals surface area contributed by atoms with E-state index in [9.17, 15) is 5.11 Å². The van der Waals surface area contributed by atoms with Gasteiger partial charge in [0.15, 0.2) is 0 Å². The summed E-state index contributed by atoms with van der Waals surface area (Å²) in [5, 5.41) is 9.76. The lowest BCUT2D eigenvalue weighted by molar-refractivity contribution is 0.0374. The molecule has 0 unspecified atom stereocenters. The third-order valence-corrected chi connectivity index (χ3v) is 6.55. The van der Waals surface area contributed by atoms with Gasteiger partial charge < -0.3 is 5.11 Å². The summed E-state index contributed by atoms with van der Waals surface area (Å²) in [4.78, 5) is 0. The first kappa shape index (κ1) is 11.1. The van der Waals surface area contributed by atoms with Crippen LogP contribution in [0, 0.1) is 34.5 Å². The third-order valence-electron chi connectivity index (χ3n) is 6.55. The predicted octanol–water partition coefficient (Wildman–Crippen LogP) is 3.47. The monoisotopic (exact) mass is 222 g/mol. The maximum Gasteiger partial charge on any atom is 0.0467 e. The Hall–Kier alpha value is -0.0400. The van der Waals surface area contributed by atoms with Crippen LogP contribution in [-0.2, 0) is 0 Å². The zero-order chi connectivity index (χ0) is 11.6. The second-order valence-electron chi connectivity index (χ2n) is 7.51. The summed E-state index contributed by atoms with van der Waals surface area (Å²) < 4.78 is 0. The normalized spacial score (nSPS) is 54.0. The van der Waals surface area contributed by atoms with E-state index in [0.717, 1.165) is 17.8 Å². The highest BCUT2D eigenvalue weighted by atomic mass is 16.3. The van der Waals surface area contributed by atoms with Gasteiger partial charge in [-0.2, -0.15) is 0 Å². The Bertz CT molecular complexity index is 296. The van der Waals surface area contributed by atoms with Gasteiger partial charge in [-0.1, -0.05) is 27.2 Å². The number of aliphatic hydroxyl groups is 1. The van der Waals surface area contributed by atoms with Gasteiger partial charge in [0, 0.05) is 6.61 Å². The number of rotatable bonds is 1. The molecule has 3 rings (SSSR count). The van der Waals surface area contributed by atoms with Gasteiger partial charge in [-0.05, 0) is 60.2 Å². The molecule has 4 bridgehead atoms. The minimum absolute atomic E-state index is 0.435. The van der Waals surface area contributed by atoms with Gasteiger partial charge >= 0.3 is 0 Å². The SMILES string of the molecule is CC1(C)CCC[C@]2(C)[C@@H](CO)[C@H]3CC[C@H]2[C@H]31. The van der Waals surface area contributed by atoms with Crippen molar-refractivity contribution in [3.63, 3.8) is 0 Å². The van der Waals surface area contributed by atoms with Gasteiger partial charge in [-0.3, -0.25) is 0 Å². The number of hydrogen-bond acceptors (Lipinski definition) is 1. The van der Waals surface area contributed by atoms with Crippen molar-refractivity contribution >= 4 is 0 Å². The van der Waals surface area contributed by atoms with Crippen LogP contribution in [0.4, 0.5) is 0 Å². The quantitative estimate of drug-likeness (QED) is 0.720. The molecule has 0 saturated heterocycles. The Morgan fingerprint density at radius 1 is 1.12 bits per heavy atom. The van der Waals surface area contributed by atoms with E-state index in [-0.39, 0.29) is 0 Å². The highest BCUT2D eigenvalue weighted by Crippen LogP contribution is 2.70. The Morgan fingerprint density at radius 3 is 2.56 bits per heavy atom. The highest BCUT2D eigenvalue weighted by molar-refractivity contribution is 5.12. The first-order chi connectivity index (χ1) is 7.50. The first-order valence-electron chi connectivity index (χ1n) is 7.11. The zero-order valence-electron chi connectivity index (χ0n) is 11.0. The lowest BCUT2D eigenvalue weighted by Gasteiger charge is -2.40. The summed E-state index contributed by atoms with van der Waals surface area (Å²) in [5.74, 6) is 3.25. The summed E-state index contributed by atoms with van der Waals surface area (Å²) in [5.41, 5.74) is 0.990. The van der Waals surface area contributed by atoms with Crippen LogP contribution in [0.15, 0.2) is 0 Å². The molecule has 3 fully saturated rings. The van der Waals surface area contributed by atoms with Crippen LogP contribution in [0.1, 0.15) is 52.9 Å². The molecule has 1 N–H and O–H groups in total. The van der Waals surface area contributed by atoms with Crippen LogP contribution in [-0.4, -0.2) is 11.7 Å². The highest BCUT2D eigenvalue weighted by Gasteiger charge is 2.64. The van der Waals surface area contributed by atoms with Crippen LogP contribution < -0.4 is 0 Å². The van der Waals surface area contributed by atoms with Crippen LogP contribution in [0.3, 0.4) is 0 Å². The smallest absolute Gasteiger partial charge is 0.0467 e. The van der Waals surface area contributed by atoms with Crippen molar-refractivity contribution in [3.05, 3.63) is 0 Å². The van der Waals surface area contributed by atoms with E-state index in [2.05, 4.69) is 20.8 Å². The van der Waals surface area contributed by atoms with Crippen molar-refractivity contribution in [1.29, 1.82) is 0 Å². The fourth-order valence-electron chi connectivity index (χ4n) is 5.92. The Balaban J connectivity index is 2.04. The standard InChI is InChI=1S/C15H26O/c1-14(2)7-4-8-15(3)11-6-5-10(13(11)14)12(15)9-16/h10-13,16H,4-9H2,1-3H3/t10-,11+,12+,13+,15+/m1/s1. The number of aliphatic hydroxyl groups excluding tert-OH is 1. The van der Waals surface area contributed by atoms with E-state index in [1.54, 1.807) is 0 Å². The fourth-order valence-corrected chi connectivity index (χ4v) is 5.92. The van der Waals surface area contributed by atoms with E-state index in [1.807, 2.05) is 0 Å². The van der Waals surface area contributed by atoms with Gasteiger partial charge in [0.1, 0.15) is 0 Å². The second-order valence-corrected chi connectivity index (χ2v) is 7.51. The Labute approximate surface area is 99.6 Å². The maximum absolute atomic E-state index is 9.76. The molecule has 0 aromatic carbocycles. The molecule has 0 spiro atoms. The van der Waals surface area contributed by atoms with Gasteiger partial charge in [0.2, 0.25) is 0 Å². The van der Waals surface area contributed by atoms with E-state index < -0.39 is 0 Å². The molecule has 3 aliphatic carbocycles. The summed E-state index contributed by atoms with van der Waals surface area (Å²) in [6.45, 7) is 7.87. The van der Waals surface area contributed by atoms with Crippen molar-refractivity contribution in [2.45, 2.75) is 52.9 Å². The molecule has 0 aliphatic heterocycles. The molecule has 0 heterocycles. The summed E-state index contributed by atoms with van der Waals surface area (Å²) in [7, 11) is 0. The molecule has 0 amide bonds. The minimum Gasteiger partial charge on any atom is -0.396 e. The van der Waals surface area contributed by atoms with Gasteiger partial charge in [0.05, 0.1) is 0 Å². The Kier molecular flexibility index (Phi) is 2.25. The number of hydrogen-bond donors (Lipinski definition) is 1. The zero-order valence-corrected chi connectivity index (χ0v) is 11.0. The van der Waals surface area contributed by atoms with Crippen molar-refractivity contribution < 1.29 is 5.11 Å². The lowest BCUT2D eigenvalue weighted by atomic mass is 9.65. The van der Waals surface area contributed by atoms with Crippen LogP contribution >= 0.6 is 0 Å². The first-order valence-corrected chi connectivity index (χ1v) is 7.11. The fraction of sp³-hybridized carbons (Fsp3) is 1.00. The summed E-state index contributed by atoms with van der Waals surface area (Å²) >= 11 is 0. The van der Waals surface area contributed by atoms with E-state index in [0.29, 0.717) is 23.4 Å². The molecule has 0 radical (unpaired) electrons. The molecule has 16 heavy (non-hydrogen) atoms. The van der Waals surface area contributed by atoms with Gasteiger partial charge in [-0.15, -0.1) is 0 Å². The van der Waals surface area contributed by atoms with Crippen molar-refractivity contribution in [1.82, 2.24) is 0 Å². The predicted molar refractivity (Wildman–Crippen MR) is 66.0 cm³/mol. The second kappa shape index (κ2) is 3.25. The lowest BCUT2D eigenvalue weighted by Crippen LogP contribution is -2.35. The van der Waals surface area contributed by atoms with Crippen molar-refractivity contribution in [2.24, 2.45) is 34.5 Å². The van der Waals surface area contributed by atoms with Crippen LogP contribution in [0.5, 0.6) is 0 Å². The Morgan fingerprint density at radius 2 is 1.88 bits per heavy atom. The average Bonchev–Trinajstić information content (AvgIpc) is 2.68. The van der Waals surface area contributed by atoms with E-state index >= 15 is 0 Å². The van der Waals surface area contributed by atoms with E-state index in [4.69, 9.17) is 0 Å². The molecule has 1 heteroatoms. The molecule has 0 aromatic heterocycles. The summed E-state index contributed by atoms with van der Waals surface area (Å²) in [6, 6.07) is 0. The molecular formula is C15H26O. The molecule has 3 aliphatic rings. The van der Waals surface area contributed by atoms with Crippen molar-refractivity contribution in [2.75, 3.05) is 6.61 Å². The van der Waals surface area contributed by atoms with Crippen LogP contribution in [0.25, 0.3) is 0 Å². The molecule has 0 aromatic rings. The van der Waals surface area contributed by atoms with Crippen molar-refractivity contribution in [3.8, 4) is 0 Å². The molecule has 5 atom stereocenters. The van der Waals surface area contributed by atoms with E-state index in [1.165, 1.54) is 32.1 Å². The molecular weight excluding hydrogens is 196 g/mol. The minimum atomic E-state index is 0.435. The molecule has 92 valence electrons. The third kappa shape index (κ3) is 1.16. The van der Waals surface area contributed by atoms with Crippen LogP contribution in [0.2, 0.25) is 0 Å². The van der Waals surface area contributed by atoms with Gasteiger partial charge in [-0.25, -0.2) is 0 Å².